The van der Waals surface area contributed by atoms with Gasteiger partial charge in [-0.3, -0.25) is 15.0 Å². The molecule has 3 aromatic heterocycles. The second-order valence-corrected chi connectivity index (χ2v) is 17.8. The predicted octanol–water partition coefficient (Wildman–Crippen LogP) is 16.4. The van der Waals surface area contributed by atoms with Crippen molar-refractivity contribution in [2.45, 2.75) is 0 Å². The Kier molecular flexibility index (Phi) is 16.4. The second kappa shape index (κ2) is 24.0. The third-order valence-electron chi connectivity index (χ3n) is 12.5. The summed E-state index contributed by atoms with van der Waals surface area (Å²) in [6.45, 7) is 0. The number of phenols is 3. The molecule has 0 spiro atoms. The number of phenolic OH excluding ortho intramolecular Hbond substituents is 3. The van der Waals surface area contributed by atoms with Gasteiger partial charge in [0, 0.05) is 51.4 Å². The Morgan fingerprint density at radius 1 is 0.282 bits per heavy atom. The van der Waals surface area contributed by atoms with Crippen molar-refractivity contribution in [3.05, 3.63) is 254 Å². The fourth-order valence-electron chi connectivity index (χ4n) is 8.84. The molecule has 384 valence electrons. The second-order valence-electron chi connectivity index (χ2n) is 17.3. The topological polar surface area (TPSA) is 134 Å². The van der Waals surface area contributed by atoms with Crippen molar-refractivity contribution in [2.24, 2.45) is 0 Å². The molecule has 0 radical (unpaired) electrons. The van der Waals surface area contributed by atoms with Crippen LogP contribution in [0.15, 0.2) is 219 Å². The summed E-state index contributed by atoms with van der Waals surface area (Å²) in [4.78, 5) is 12.9. The minimum atomic E-state index is -2.25. The van der Waals surface area contributed by atoms with Crippen LogP contribution in [0.4, 0.5) is 26.3 Å². The SMILES string of the molecule is Oc1c(-c2ccc(F)cc2)cc(-c2ccc(F)cc2)c2cccnc12.Oc1c(-c2ccc(F)cc2)cc(-c2ccc(F)cc2)c2cccnc12.Oc1c(-c2ccc(F)cc2)cc(-c2ccc(F)cc2)c2cccnc12.[O]=[W]=[O]. The zero-order chi connectivity index (χ0) is 54.9. The van der Waals surface area contributed by atoms with Gasteiger partial charge < -0.3 is 15.3 Å². The number of nitrogens with zero attached hydrogens (tertiary/aromatic N) is 3. The van der Waals surface area contributed by atoms with Crippen molar-refractivity contribution < 1.29 is 66.9 Å². The molecular formula is C63H39F6N3O5W. The molecule has 0 saturated heterocycles. The number of benzene rings is 9. The maximum absolute atomic E-state index is 13.3. The van der Waals surface area contributed by atoms with E-state index in [1.165, 1.54) is 72.8 Å². The first kappa shape index (κ1) is 53.3. The third kappa shape index (κ3) is 11.8. The van der Waals surface area contributed by atoms with E-state index in [2.05, 4.69) is 15.0 Å². The molecule has 0 bridgehead atoms. The molecular weight excluding hydrogens is 1180 g/mol. The summed E-state index contributed by atoms with van der Waals surface area (Å²) >= 11 is -2.25. The Hall–Kier alpha value is -9.52. The molecule has 0 aliphatic rings. The van der Waals surface area contributed by atoms with Gasteiger partial charge in [-0.1, -0.05) is 91.0 Å². The molecule has 0 fully saturated rings. The van der Waals surface area contributed by atoms with Gasteiger partial charge in [-0.15, -0.1) is 0 Å². The molecule has 3 N–H and O–H groups in total. The molecule has 0 amide bonds. The van der Waals surface area contributed by atoms with E-state index in [0.717, 1.165) is 49.5 Å². The van der Waals surface area contributed by atoms with Crippen LogP contribution in [0.3, 0.4) is 0 Å². The maximum atomic E-state index is 13.3. The molecule has 0 aliphatic carbocycles. The van der Waals surface area contributed by atoms with Gasteiger partial charge >= 0.3 is 25.3 Å². The van der Waals surface area contributed by atoms with Crippen LogP contribution in [-0.4, -0.2) is 30.3 Å². The van der Waals surface area contributed by atoms with Gasteiger partial charge in [-0.2, -0.15) is 0 Å². The first-order valence-electron chi connectivity index (χ1n) is 23.6. The van der Waals surface area contributed by atoms with Gasteiger partial charge in [0.15, 0.2) is 0 Å². The Labute approximate surface area is 450 Å². The molecule has 12 aromatic rings. The Balaban J connectivity index is 0.000000139. The quantitative estimate of drug-likeness (QED) is 0.140. The van der Waals surface area contributed by atoms with Gasteiger partial charge in [0.2, 0.25) is 0 Å². The normalized spacial score (nSPS) is 10.7. The van der Waals surface area contributed by atoms with E-state index in [1.807, 2.05) is 36.4 Å². The molecule has 15 heteroatoms. The first-order chi connectivity index (χ1) is 37.8. The number of hydrogen-bond acceptors (Lipinski definition) is 8. The molecule has 78 heavy (non-hydrogen) atoms. The van der Waals surface area contributed by atoms with Crippen LogP contribution in [0, 0.1) is 34.9 Å². The fraction of sp³-hybridized carbons (Fsp3) is 0. The van der Waals surface area contributed by atoms with E-state index in [4.69, 9.17) is 6.80 Å². The first-order valence-corrected chi connectivity index (χ1v) is 26.0. The summed E-state index contributed by atoms with van der Waals surface area (Å²) in [5, 5.41) is 34.3. The molecule has 8 nitrogen and oxygen atoms in total. The van der Waals surface area contributed by atoms with Crippen LogP contribution in [0.1, 0.15) is 0 Å². The fourth-order valence-corrected chi connectivity index (χ4v) is 8.84. The zero-order valence-electron chi connectivity index (χ0n) is 40.5. The van der Waals surface area contributed by atoms with E-state index in [9.17, 15) is 41.7 Å². The van der Waals surface area contributed by atoms with E-state index in [1.54, 1.807) is 110 Å². The molecule has 0 aliphatic heterocycles. The van der Waals surface area contributed by atoms with Crippen molar-refractivity contribution in [1.29, 1.82) is 0 Å². The monoisotopic (exact) mass is 1220 g/mol. The van der Waals surface area contributed by atoms with Crippen molar-refractivity contribution >= 4 is 32.7 Å². The number of aromatic nitrogens is 3. The van der Waals surface area contributed by atoms with Crippen LogP contribution < -0.4 is 0 Å². The van der Waals surface area contributed by atoms with Crippen LogP contribution in [0.25, 0.3) is 99.5 Å². The van der Waals surface area contributed by atoms with Crippen molar-refractivity contribution in [2.75, 3.05) is 0 Å². The number of aromatic hydroxyl groups is 3. The zero-order valence-corrected chi connectivity index (χ0v) is 43.4. The van der Waals surface area contributed by atoms with Crippen molar-refractivity contribution in [3.63, 3.8) is 0 Å². The summed E-state index contributed by atoms with van der Waals surface area (Å²) in [6, 6.07) is 52.5. The molecule has 12 rings (SSSR count). The van der Waals surface area contributed by atoms with Crippen molar-refractivity contribution in [1.82, 2.24) is 15.0 Å². The Morgan fingerprint density at radius 3 is 0.654 bits per heavy atom. The number of hydrogen-bond donors (Lipinski definition) is 3. The average Bonchev–Trinajstić information content (AvgIpc) is 3.50. The number of halogens is 6. The van der Waals surface area contributed by atoms with E-state index < -0.39 is 18.5 Å². The summed E-state index contributed by atoms with van der Waals surface area (Å²) in [5.41, 5.74) is 9.89. The summed E-state index contributed by atoms with van der Waals surface area (Å²) < 4.78 is 96.6. The van der Waals surface area contributed by atoms with E-state index in [-0.39, 0.29) is 52.2 Å². The summed E-state index contributed by atoms with van der Waals surface area (Å²) in [7, 11) is 0. The van der Waals surface area contributed by atoms with Gasteiger partial charge in [0.25, 0.3) is 0 Å². The van der Waals surface area contributed by atoms with Crippen LogP contribution in [-0.2, 0) is 25.3 Å². The van der Waals surface area contributed by atoms with Gasteiger partial charge in [0.05, 0.1) is 0 Å². The number of pyridine rings is 3. The van der Waals surface area contributed by atoms with Gasteiger partial charge in [-0.25, -0.2) is 26.3 Å². The molecule has 3 heterocycles. The Morgan fingerprint density at radius 2 is 0.462 bits per heavy atom. The predicted molar refractivity (Wildman–Crippen MR) is 284 cm³/mol. The number of fused-ring (bicyclic) bond motifs is 3. The van der Waals surface area contributed by atoms with Crippen LogP contribution >= 0.6 is 0 Å². The molecule has 0 saturated carbocycles. The molecule has 0 atom stereocenters. The molecule has 0 unspecified atom stereocenters. The van der Waals surface area contributed by atoms with Gasteiger partial charge in [-0.05, 0) is 159 Å². The minimum absolute atomic E-state index is 0.0352. The third-order valence-corrected chi connectivity index (χ3v) is 12.5. The van der Waals surface area contributed by atoms with Crippen LogP contribution in [0.5, 0.6) is 17.2 Å². The van der Waals surface area contributed by atoms with Gasteiger partial charge in [0.1, 0.15) is 68.7 Å². The van der Waals surface area contributed by atoms with E-state index in [0.29, 0.717) is 49.9 Å². The number of rotatable bonds is 6. The molecule has 9 aromatic carbocycles. The Bertz CT molecular complexity index is 3710. The average molecular weight is 1220 g/mol. The summed E-state index contributed by atoms with van der Waals surface area (Å²) in [5.74, 6) is -1.88. The van der Waals surface area contributed by atoms with Crippen LogP contribution in [0.2, 0.25) is 0 Å². The summed E-state index contributed by atoms with van der Waals surface area (Å²) in [6.07, 6.45) is 4.81. The van der Waals surface area contributed by atoms with Crippen molar-refractivity contribution in [3.8, 4) is 84.0 Å². The van der Waals surface area contributed by atoms with E-state index >= 15 is 0 Å². The standard InChI is InChI=1S/3C21H13F2NO.2O.W/c3*22-15-7-3-13(4-8-15)18-12-19(14-5-9-16(23)10-6-14)21(25)20-17(18)2-1-11-24-20;;;/h3*1-12,25H;;;.